The zero-order valence-corrected chi connectivity index (χ0v) is 12.9. The van der Waals surface area contributed by atoms with Crippen LogP contribution in [0.2, 0.25) is 0 Å². The van der Waals surface area contributed by atoms with Gasteiger partial charge < -0.3 is 5.32 Å². The molecule has 0 radical (unpaired) electrons. The van der Waals surface area contributed by atoms with Crippen molar-refractivity contribution in [3.63, 3.8) is 0 Å². The van der Waals surface area contributed by atoms with Crippen molar-refractivity contribution in [1.82, 2.24) is 5.32 Å². The van der Waals surface area contributed by atoms with E-state index in [1.54, 1.807) is 0 Å². The van der Waals surface area contributed by atoms with Crippen LogP contribution in [0.4, 0.5) is 0 Å². The fraction of sp³-hybridized carbons (Fsp3) is 1.00. The van der Waals surface area contributed by atoms with Crippen LogP contribution in [-0.4, -0.2) is 13.1 Å². The highest BCUT2D eigenvalue weighted by Gasteiger charge is 2.25. The lowest BCUT2D eigenvalue weighted by atomic mass is 9.79. The zero-order chi connectivity index (χ0) is 13.1. The Kier molecular flexibility index (Phi) is 13.1. The molecule has 100 valence electrons. The lowest BCUT2D eigenvalue weighted by Gasteiger charge is -2.34. The zero-order valence-electron chi connectivity index (χ0n) is 12.9. The van der Waals surface area contributed by atoms with Crippen molar-refractivity contribution in [2.75, 3.05) is 13.1 Å². The number of hydrogen-bond acceptors (Lipinski definition) is 1. The number of hydrogen-bond donors (Lipinski definition) is 1. The van der Waals surface area contributed by atoms with Crippen molar-refractivity contribution in [2.45, 2.75) is 61.8 Å². The molecule has 1 rings (SSSR count). The van der Waals surface area contributed by atoms with Crippen LogP contribution < -0.4 is 5.32 Å². The van der Waals surface area contributed by atoms with Crippen molar-refractivity contribution < 1.29 is 0 Å². The van der Waals surface area contributed by atoms with Crippen molar-refractivity contribution in [2.24, 2.45) is 23.7 Å². The van der Waals surface area contributed by atoms with Gasteiger partial charge in [-0.25, -0.2) is 0 Å². The van der Waals surface area contributed by atoms with E-state index in [4.69, 9.17) is 0 Å². The maximum absolute atomic E-state index is 3.55. The molecule has 0 bridgehead atoms. The molecule has 1 aliphatic rings. The first-order valence-corrected chi connectivity index (χ1v) is 7.32. The fourth-order valence-electron chi connectivity index (χ4n) is 2.03. The number of piperidine rings is 1. The maximum atomic E-state index is 3.55. The maximum Gasteiger partial charge on any atom is -0.00178 e. The molecule has 0 aromatic rings. The molecule has 0 spiro atoms. The minimum absolute atomic E-state index is 0.846. The Morgan fingerprint density at radius 3 is 1.31 bits per heavy atom. The van der Waals surface area contributed by atoms with Crippen LogP contribution in [-0.2, 0) is 0 Å². The highest BCUT2D eigenvalue weighted by molar-refractivity contribution is 4.79. The first-order chi connectivity index (χ1) is 7.61. The fourth-order valence-corrected chi connectivity index (χ4v) is 2.03. The van der Waals surface area contributed by atoms with Crippen LogP contribution >= 0.6 is 0 Å². The van der Waals surface area contributed by atoms with Crippen molar-refractivity contribution in [3.8, 4) is 0 Å². The third-order valence-corrected chi connectivity index (χ3v) is 3.30. The van der Waals surface area contributed by atoms with E-state index in [-0.39, 0.29) is 0 Å². The van der Waals surface area contributed by atoms with Gasteiger partial charge in [-0.05, 0) is 43.2 Å². The van der Waals surface area contributed by atoms with E-state index in [9.17, 15) is 0 Å². The average molecular weight is 229 g/mol. The van der Waals surface area contributed by atoms with Gasteiger partial charge in [-0.3, -0.25) is 0 Å². The summed E-state index contributed by atoms with van der Waals surface area (Å²) >= 11 is 0. The second-order valence-corrected chi connectivity index (χ2v) is 4.90. The molecular weight excluding hydrogens is 194 g/mol. The molecule has 1 saturated heterocycles. The molecule has 1 N–H and O–H groups in total. The lowest BCUT2D eigenvalue weighted by molar-refractivity contribution is 0.195. The molecule has 1 heteroatoms. The van der Waals surface area contributed by atoms with Gasteiger partial charge in [0.05, 0.1) is 0 Å². The van der Waals surface area contributed by atoms with Crippen LogP contribution in [0.1, 0.15) is 61.8 Å². The Balaban J connectivity index is 0. The average Bonchev–Trinajstić information content (AvgIpc) is 2.34. The summed E-state index contributed by atoms with van der Waals surface area (Å²) in [7, 11) is 0. The summed E-state index contributed by atoms with van der Waals surface area (Å²) in [5, 5.41) is 3.55. The van der Waals surface area contributed by atoms with E-state index in [0.717, 1.165) is 23.7 Å². The van der Waals surface area contributed by atoms with E-state index >= 15 is 0 Å². The lowest BCUT2D eigenvalue weighted by Crippen LogP contribution is -2.40. The van der Waals surface area contributed by atoms with Crippen molar-refractivity contribution in [1.29, 1.82) is 0 Å². The Labute approximate surface area is 104 Å². The summed E-state index contributed by atoms with van der Waals surface area (Å²) in [6, 6.07) is 0. The molecule has 0 aromatic heterocycles. The van der Waals surface area contributed by atoms with Gasteiger partial charge in [0.15, 0.2) is 0 Å². The SMILES string of the molecule is CC.CC.CC(C)C1CNCC(C(C)C)C1. The molecule has 0 aromatic carbocycles. The first kappa shape index (κ1) is 18.3. The van der Waals surface area contributed by atoms with E-state index in [2.05, 4.69) is 33.0 Å². The van der Waals surface area contributed by atoms with Crippen molar-refractivity contribution in [3.05, 3.63) is 0 Å². The van der Waals surface area contributed by atoms with Crippen LogP contribution in [0, 0.1) is 23.7 Å². The van der Waals surface area contributed by atoms with Gasteiger partial charge in [0.25, 0.3) is 0 Å². The largest absolute Gasteiger partial charge is 0.316 e. The summed E-state index contributed by atoms with van der Waals surface area (Å²) < 4.78 is 0. The van der Waals surface area contributed by atoms with Crippen LogP contribution in [0.15, 0.2) is 0 Å². The van der Waals surface area contributed by atoms with E-state index in [1.165, 1.54) is 19.5 Å². The van der Waals surface area contributed by atoms with Crippen molar-refractivity contribution >= 4 is 0 Å². The molecule has 2 atom stereocenters. The first-order valence-electron chi connectivity index (χ1n) is 7.32. The summed E-state index contributed by atoms with van der Waals surface area (Å²) in [6.45, 7) is 19.8. The van der Waals surface area contributed by atoms with Crippen LogP contribution in [0.3, 0.4) is 0 Å². The number of rotatable bonds is 2. The molecule has 1 fully saturated rings. The Morgan fingerprint density at radius 1 is 0.750 bits per heavy atom. The van der Waals surface area contributed by atoms with Gasteiger partial charge in [-0.2, -0.15) is 0 Å². The van der Waals surface area contributed by atoms with E-state index in [0.29, 0.717) is 0 Å². The molecule has 0 aliphatic carbocycles. The molecule has 2 unspecified atom stereocenters. The Bertz CT molecular complexity index is 115. The molecule has 1 aliphatic heterocycles. The summed E-state index contributed by atoms with van der Waals surface area (Å²) in [5.74, 6) is 3.51. The van der Waals surface area contributed by atoms with Gasteiger partial charge in [0, 0.05) is 0 Å². The molecule has 0 saturated carbocycles. The second-order valence-electron chi connectivity index (χ2n) is 4.90. The quantitative estimate of drug-likeness (QED) is 0.731. The minimum Gasteiger partial charge on any atom is -0.316 e. The third kappa shape index (κ3) is 7.27. The highest BCUT2D eigenvalue weighted by Crippen LogP contribution is 2.27. The normalized spacial score (nSPS) is 24.4. The van der Waals surface area contributed by atoms with E-state index in [1.807, 2.05) is 27.7 Å². The molecule has 16 heavy (non-hydrogen) atoms. The van der Waals surface area contributed by atoms with Gasteiger partial charge in [-0.1, -0.05) is 55.4 Å². The monoisotopic (exact) mass is 229 g/mol. The molecular formula is C15H35N. The Hall–Kier alpha value is -0.0400. The molecule has 1 heterocycles. The second kappa shape index (κ2) is 11.4. The minimum atomic E-state index is 0.846. The smallest absolute Gasteiger partial charge is 0.00178 e. The van der Waals surface area contributed by atoms with Gasteiger partial charge >= 0.3 is 0 Å². The number of nitrogens with one attached hydrogen (secondary N) is 1. The third-order valence-electron chi connectivity index (χ3n) is 3.30. The van der Waals surface area contributed by atoms with Gasteiger partial charge in [0.1, 0.15) is 0 Å². The van der Waals surface area contributed by atoms with Crippen LogP contribution in [0.5, 0.6) is 0 Å². The summed E-state index contributed by atoms with van der Waals surface area (Å²) in [6.07, 6.45) is 1.43. The predicted molar refractivity (Wildman–Crippen MR) is 76.8 cm³/mol. The Morgan fingerprint density at radius 2 is 1.06 bits per heavy atom. The topological polar surface area (TPSA) is 12.0 Å². The summed E-state index contributed by atoms with van der Waals surface area (Å²) in [4.78, 5) is 0. The molecule has 0 amide bonds. The molecule has 1 nitrogen and oxygen atoms in total. The van der Waals surface area contributed by atoms with Gasteiger partial charge in [-0.15, -0.1) is 0 Å². The standard InChI is InChI=1S/C11H23N.2C2H6/c1-8(2)10-5-11(9(3)4)7-12-6-10;2*1-2/h8-12H,5-7H2,1-4H3;2*1-2H3. The predicted octanol–water partition coefficient (Wildman–Crippen LogP) is 4.58. The van der Waals surface area contributed by atoms with Crippen LogP contribution in [0.25, 0.3) is 0 Å². The summed E-state index contributed by atoms with van der Waals surface area (Å²) in [5.41, 5.74) is 0. The highest BCUT2D eigenvalue weighted by atomic mass is 14.9. The van der Waals surface area contributed by atoms with Gasteiger partial charge in [0.2, 0.25) is 0 Å². The van der Waals surface area contributed by atoms with E-state index < -0.39 is 0 Å².